The lowest BCUT2D eigenvalue weighted by Crippen LogP contribution is -2.12. The van der Waals surface area contributed by atoms with E-state index in [4.69, 9.17) is 11.6 Å². The molecule has 116 valence electrons. The van der Waals surface area contributed by atoms with Crippen LogP contribution in [-0.2, 0) is 11.2 Å². The molecule has 0 spiro atoms. The number of nitrogens with one attached hydrogen (secondary N) is 2. The molecule has 0 fully saturated rings. The van der Waals surface area contributed by atoms with Gasteiger partial charge in [-0.15, -0.1) is 0 Å². The second-order valence-electron chi connectivity index (χ2n) is 4.04. The van der Waals surface area contributed by atoms with Gasteiger partial charge in [-0.1, -0.05) is 6.92 Å². The van der Waals surface area contributed by atoms with Gasteiger partial charge in [-0.25, -0.2) is 9.78 Å². The number of methoxy groups -OCH3 is 1. The number of nitrogens with zero attached hydrogens (tertiary/aromatic N) is 4. The number of esters is 1. The summed E-state index contributed by atoms with van der Waals surface area (Å²) in [6, 6.07) is 1.65. The zero-order valence-electron chi connectivity index (χ0n) is 11.6. The SMILES string of the molecule is CCc1cc(Nc2nc(Cl)nc(C(=O)OC)c2[N+](=O)[O-])n[nH]1. The number of ether oxygens (including phenoxy) is 1. The molecule has 0 saturated heterocycles. The summed E-state index contributed by atoms with van der Waals surface area (Å²) in [5.74, 6) is -0.944. The lowest BCUT2D eigenvalue weighted by atomic mass is 10.3. The second-order valence-corrected chi connectivity index (χ2v) is 4.38. The summed E-state index contributed by atoms with van der Waals surface area (Å²) in [7, 11) is 1.08. The van der Waals surface area contributed by atoms with Crippen molar-refractivity contribution in [2.75, 3.05) is 12.4 Å². The fourth-order valence-electron chi connectivity index (χ4n) is 1.65. The normalized spacial score (nSPS) is 10.3. The smallest absolute Gasteiger partial charge is 0.364 e. The van der Waals surface area contributed by atoms with E-state index in [2.05, 4.69) is 30.2 Å². The molecule has 0 bridgehead atoms. The van der Waals surface area contributed by atoms with Crippen LogP contribution in [0.15, 0.2) is 6.07 Å². The monoisotopic (exact) mass is 326 g/mol. The molecular weight excluding hydrogens is 316 g/mol. The van der Waals surface area contributed by atoms with Gasteiger partial charge >= 0.3 is 11.7 Å². The number of aryl methyl sites for hydroxylation is 1. The van der Waals surface area contributed by atoms with Crippen molar-refractivity contribution in [3.05, 3.63) is 32.9 Å². The largest absolute Gasteiger partial charge is 0.464 e. The summed E-state index contributed by atoms with van der Waals surface area (Å²) in [6.07, 6.45) is 0.703. The molecule has 0 saturated carbocycles. The highest BCUT2D eigenvalue weighted by molar-refractivity contribution is 6.28. The summed E-state index contributed by atoms with van der Waals surface area (Å²) < 4.78 is 4.47. The molecule has 2 N–H and O–H groups in total. The molecule has 22 heavy (non-hydrogen) atoms. The van der Waals surface area contributed by atoms with E-state index in [-0.39, 0.29) is 11.1 Å². The Labute approximate surface area is 129 Å². The van der Waals surface area contributed by atoms with E-state index in [9.17, 15) is 14.9 Å². The third kappa shape index (κ3) is 3.11. The van der Waals surface area contributed by atoms with Crippen LogP contribution in [0.25, 0.3) is 0 Å². The van der Waals surface area contributed by atoms with Gasteiger partial charge in [-0.3, -0.25) is 15.2 Å². The molecule has 0 atom stereocenters. The van der Waals surface area contributed by atoms with Crippen molar-refractivity contribution in [2.24, 2.45) is 0 Å². The van der Waals surface area contributed by atoms with E-state index in [0.29, 0.717) is 12.2 Å². The predicted molar refractivity (Wildman–Crippen MR) is 76.3 cm³/mol. The molecule has 0 amide bonds. The molecule has 0 unspecified atom stereocenters. The molecule has 0 aliphatic carbocycles. The molecule has 0 aliphatic heterocycles. The van der Waals surface area contributed by atoms with Crippen LogP contribution in [0.2, 0.25) is 5.28 Å². The molecule has 2 heterocycles. The quantitative estimate of drug-likeness (QED) is 0.367. The van der Waals surface area contributed by atoms with E-state index in [0.717, 1.165) is 12.8 Å². The van der Waals surface area contributed by atoms with Gasteiger partial charge in [0.2, 0.25) is 16.8 Å². The van der Waals surface area contributed by atoms with Crippen LogP contribution in [0.5, 0.6) is 0 Å². The van der Waals surface area contributed by atoms with Gasteiger partial charge in [0.1, 0.15) is 0 Å². The van der Waals surface area contributed by atoms with Gasteiger partial charge in [-0.2, -0.15) is 10.1 Å². The average Bonchev–Trinajstić information content (AvgIpc) is 2.93. The number of hydrogen-bond donors (Lipinski definition) is 2. The first-order valence-corrected chi connectivity index (χ1v) is 6.45. The van der Waals surface area contributed by atoms with E-state index >= 15 is 0 Å². The summed E-state index contributed by atoms with van der Waals surface area (Å²) in [6.45, 7) is 1.91. The maximum atomic E-state index is 11.6. The molecule has 0 aliphatic rings. The van der Waals surface area contributed by atoms with Gasteiger partial charge in [0.25, 0.3) is 0 Å². The Bertz CT molecular complexity index is 731. The first-order valence-electron chi connectivity index (χ1n) is 6.07. The molecule has 0 radical (unpaired) electrons. The number of aromatic nitrogens is 4. The molecule has 2 rings (SSSR count). The van der Waals surface area contributed by atoms with E-state index in [1.54, 1.807) is 6.07 Å². The number of hydrogen-bond acceptors (Lipinski definition) is 8. The van der Waals surface area contributed by atoms with Crippen LogP contribution in [0.1, 0.15) is 23.1 Å². The zero-order valence-corrected chi connectivity index (χ0v) is 12.3. The molecule has 2 aromatic rings. The van der Waals surface area contributed by atoms with Crippen LogP contribution < -0.4 is 5.32 Å². The highest BCUT2D eigenvalue weighted by Gasteiger charge is 2.30. The number of anilines is 2. The second kappa shape index (κ2) is 6.35. The van der Waals surface area contributed by atoms with Crippen molar-refractivity contribution in [1.82, 2.24) is 20.2 Å². The number of halogens is 1. The maximum absolute atomic E-state index is 11.6. The molecule has 11 heteroatoms. The molecule has 10 nitrogen and oxygen atoms in total. The van der Waals surface area contributed by atoms with Gasteiger partial charge < -0.3 is 10.1 Å². The lowest BCUT2D eigenvalue weighted by molar-refractivity contribution is -0.384. The van der Waals surface area contributed by atoms with E-state index in [1.165, 1.54) is 0 Å². The summed E-state index contributed by atoms with van der Waals surface area (Å²) in [4.78, 5) is 29.4. The third-order valence-corrected chi connectivity index (χ3v) is 2.85. The summed E-state index contributed by atoms with van der Waals surface area (Å²) in [5.41, 5.74) is -0.364. The molecular formula is C11H11ClN6O4. The Balaban J connectivity index is 2.51. The van der Waals surface area contributed by atoms with Crippen molar-refractivity contribution in [1.29, 1.82) is 0 Å². The number of aromatic amines is 1. The van der Waals surface area contributed by atoms with Crippen LogP contribution in [0.4, 0.5) is 17.3 Å². The van der Waals surface area contributed by atoms with Crippen LogP contribution in [0.3, 0.4) is 0 Å². The van der Waals surface area contributed by atoms with Gasteiger partial charge in [-0.05, 0) is 18.0 Å². The molecule has 0 aromatic carbocycles. The minimum absolute atomic E-state index is 0.250. The van der Waals surface area contributed by atoms with Crippen molar-refractivity contribution in [3.8, 4) is 0 Å². The number of rotatable bonds is 5. The highest BCUT2D eigenvalue weighted by Crippen LogP contribution is 2.29. The van der Waals surface area contributed by atoms with Crippen molar-refractivity contribution >= 4 is 34.9 Å². The standard InChI is InChI=1S/C11H11ClN6O4/c1-3-5-4-6(17-16-5)13-9-8(18(20)21)7(10(19)22-2)14-11(12)15-9/h4H,3H2,1-2H3,(H2,13,14,15,16,17). The Kier molecular flexibility index (Phi) is 4.51. The molecule has 2 aromatic heterocycles. The van der Waals surface area contributed by atoms with Crippen LogP contribution in [-0.4, -0.2) is 38.2 Å². The predicted octanol–water partition coefficient (Wildman–Crippen LogP) is 1.85. The Hall–Kier alpha value is -2.75. The number of H-pyrrole nitrogens is 1. The third-order valence-electron chi connectivity index (χ3n) is 2.68. The van der Waals surface area contributed by atoms with Gasteiger partial charge in [0.05, 0.1) is 12.0 Å². The summed E-state index contributed by atoms with van der Waals surface area (Å²) in [5, 5.41) is 20.2. The lowest BCUT2D eigenvalue weighted by Gasteiger charge is -2.06. The Morgan fingerprint density at radius 3 is 2.82 bits per heavy atom. The van der Waals surface area contributed by atoms with E-state index < -0.39 is 22.3 Å². The topological polar surface area (TPSA) is 136 Å². The van der Waals surface area contributed by atoms with Gasteiger partial charge in [0, 0.05) is 11.8 Å². The fraction of sp³-hybridized carbons (Fsp3) is 0.273. The highest BCUT2D eigenvalue weighted by atomic mass is 35.5. The minimum atomic E-state index is -0.990. The first kappa shape index (κ1) is 15.6. The van der Waals surface area contributed by atoms with E-state index in [1.807, 2.05) is 6.92 Å². The van der Waals surface area contributed by atoms with Crippen LogP contribution >= 0.6 is 11.6 Å². The van der Waals surface area contributed by atoms with Crippen molar-refractivity contribution < 1.29 is 14.5 Å². The number of carbonyl (C=O) groups is 1. The van der Waals surface area contributed by atoms with Gasteiger partial charge in [0.15, 0.2) is 5.82 Å². The van der Waals surface area contributed by atoms with Crippen LogP contribution in [0, 0.1) is 10.1 Å². The fourth-order valence-corrected chi connectivity index (χ4v) is 1.82. The zero-order chi connectivity index (χ0) is 16.3. The number of carbonyl (C=O) groups excluding carboxylic acids is 1. The van der Waals surface area contributed by atoms with Crippen molar-refractivity contribution in [3.63, 3.8) is 0 Å². The number of nitro groups is 1. The average molecular weight is 327 g/mol. The Morgan fingerprint density at radius 1 is 1.55 bits per heavy atom. The Morgan fingerprint density at radius 2 is 2.27 bits per heavy atom. The minimum Gasteiger partial charge on any atom is -0.464 e. The first-order chi connectivity index (χ1) is 10.5. The van der Waals surface area contributed by atoms with Crippen molar-refractivity contribution in [2.45, 2.75) is 13.3 Å². The maximum Gasteiger partial charge on any atom is 0.364 e. The summed E-state index contributed by atoms with van der Waals surface area (Å²) >= 11 is 5.71.